The van der Waals surface area contributed by atoms with Crippen molar-refractivity contribution in [2.75, 3.05) is 7.11 Å². The van der Waals surface area contributed by atoms with E-state index in [1.807, 2.05) is 0 Å². The molecule has 0 heterocycles. The number of hydrogen-bond donors (Lipinski definition) is 1. The first-order valence-corrected chi connectivity index (χ1v) is 6.97. The average Bonchev–Trinajstić information content (AvgIpc) is 2.29. The zero-order valence-corrected chi connectivity index (χ0v) is 14.0. The number of carbonyl (C=O) groups is 3. The van der Waals surface area contributed by atoms with Crippen LogP contribution in [0.3, 0.4) is 0 Å². The molecule has 0 bridgehead atoms. The van der Waals surface area contributed by atoms with E-state index in [1.165, 1.54) is 7.11 Å². The molecular formula is C15H27NO5. The van der Waals surface area contributed by atoms with Crippen molar-refractivity contribution in [3.05, 3.63) is 0 Å². The molecule has 0 aromatic carbocycles. The Kier molecular flexibility index (Phi) is 6.86. The minimum absolute atomic E-state index is 0.0326. The minimum atomic E-state index is -0.866. The van der Waals surface area contributed by atoms with Gasteiger partial charge in [0.15, 0.2) is 0 Å². The van der Waals surface area contributed by atoms with E-state index < -0.39 is 29.0 Å². The van der Waals surface area contributed by atoms with Gasteiger partial charge >= 0.3 is 11.9 Å². The number of hydrogen-bond acceptors (Lipinski definition) is 5. The van der Waals surface area contributed by atoms with Crippen LogP contribution < -0.4 is 5.32 Å². The number of ether oxygens (including phenoxy) is 2. The Bertz CT molecular complexity index is 390. The second-order valence-electron chi connectivity index (χ2n) is 6.92. The highest BCUT2D eigenvalue weighted by Crippen LogP contribution is 2.16. The van der Waals surface area contributed by atoms with E-state index >= 15 is 0 Å². The fraction of sp³-hybridized carbons (Fsp3) is 0.800. The van der Waals surface area contributed by atoms with Crippen molar-refractivity contribution in [2.24, 2.45) is 5.41 Å². The van der Waals surface area contributed by atoms with E-state index in [1.54, 1.807) is 41.5 Å². The Hall–Kier alpha value is -1.59. The number of nitrogens with one attached hydrogen (secondary N) is 1. The summed E-state index contributed by atoms with van der Waals surface area (Å²) in [6.45, 7) is 10.5. The summed E-state index contributed by atoms with van der Waals surface area (Å²) < 4.78 is 9.82. The van der Waals surface area contributed by atoms with E-state index in [4.69, 9.17) is 4.74 Å². The summed E-state index contributed by atoms with van der Waals surface area (Å²) in [5.74, 6) is -1.26. The largest absolute Gasteiger partial charge is 0.469 e. The fourth-order valence-corrected chi connectivity index (χ4v) is 1.36. The molecule has 0 radical (unpaired) electrons. The lowest BCUT2D eigenvalue weighted by atomic mass is 9.95. The summed E-state index contributed by atoms with van der Waals surface area (Å²) >= 11 is 0. The first-order valence-electron chi connectivity index (χ1n) is 6.97. The van der Waals surface area contributed by atoms with E-state index in [2.05, 4.69) is 10.1 Å². The quantitative estimate of drug-likeness (QED) is 0.783. The van der Waals surface area contributed by atoms with Crippen molar-refractivity contribution in [1.29, 1.82) is 0 Å². The molecule has 1 atom stereocenters. The molecule has 0 unspecified atom stereocenters. The number of amides is 1. The normalized spacial score (nSPS) is 13.3. The van der Waals surface area contributed by atoms with Crippen molar-refractivity contribution in [3.63, 3.8) is 0 Å². The van der Waals surface area contributed by atoms with Crippen LogP contribution in [0, 0.1) is 5.41 Å². The maximum atomic E-state index is 12.1. The molecule has 0 aliphatic carbocycles. The van der Waals surface area contributed by atoms with Crippen LogP contribution in [-0.4, -0.2) is 36.6 Å². The number of rotatable bonds is 5. The van der Waals surface area contributed by atoms with Crippen LogP contribution in [0.2, 0.25) is 0 Å². The average molecular weight is 301 g/mol. The molecule has 0 aliphatic rings. The molecule has 1 amide bonds. The first-order chi connectivity index (χ1) is 9.36. The lowest BCUT2D eigenvalue weighted by molar-refractivity contribution is -0.159. The number of esters is 2. The zero-order chi connectivity index (χ0) is 16.8. The van der Waals surface area contributed by atoms with Crippen LogP contribution in [0.4, 0.5) is 0 Å². The molecule has 122 valence electrons. The van der Waals surface area contributed by atoms with Gasteiger partial charge in [0.2, 0.25) is 5.91 Å². The summed E-state index contributed by atoms with van der Waals surface area (Å²) in [6, 6.07) is -0.866. The summed E-state index contributed by atoms with van der Waals surface area (Å²) in [6.07, 6.45) is 0.175. The summed E-state index contributed by atoms with van der Waals surface area (Å²) in [7, 11) is 1.28. The second kappa shape index (κ2) is 7.43. The lowest BCUT2D eigenvalue weighted by Gasteiger charge is -2.26. The van der Waals surface area contributed by atoms with Gasteiger partial charge in [0.1, 0.15) is 11.6 Å². The maximum absolute atomic E-state index is 12.1. The Balaban J connectivity index is 4.88. The molecule has 6 nitrogen and oxygen atoms in total. The molecule has 0 saturated heterocycles. The lowest BCUT2D eigenvalue weighted by Crippen LogP contribution is -2.48. The standard InChI is InChI=1S/C15H27NO5/c1-14(2,3)13(19)16-10(8-9-11(17)20-7)12(18)21-15(4,5)6/h10H,8-9H2,1-7H3,(H,16,19)/t10-/m0/s1. The molecule has 0 aliphatic heterocycles. The fourth-order valence-electron chi connectivity index (χ4n) is 1.36. The predicted molar refractivity (Wildman–Crippen MR) is 78.5 cm³/mol. The van der Waals surface area contributed by atoms with E-state index in [-0.39, 0.29) is 18.7 Å². The van der Waals surface area contributed by atoms with Crippen molar-refractivity contribution in [3.8, 4) is 0 Å². The summed E-state index contributed by atoms with van der Waals surface area (Å²) in [5, 5.41) is 2.64. The molecule has 0 rings (SSSR count). The molecule has 0 spiro atoms. The van der Waals surface area contributed by atoms with E-state index in [0.717, 1.165) is 0 Å². The van der Waals surface area contributed by atoms with Gasteiger partial charge in [0.25, 0.3) is 0 Å². The SMILES string of the molecule is COC(=O)CC[C@H](NC(=O)C(C)(C)C)C(=O)OC(C)(C)C. The van der Waals surface area contributed by atoms with Gasteiger partial charge in [-0.2, -0.15) is 0 Å². The number of carbonyl (C=O) groups excluding carboxylic acids is 3. The van der Waals surface area contributed by atoms with Crippen molar-refractivity contribution in [2.45, 2.75) is 66.0 Å². The Morgan fingerprint density at radius 1 is 1.05 bits per heavy atom. The smallest absolute Gasteiger partial charge is 0.329 e. The van der Waals surface area contributed by atoms with Gasteiger partial charge in [0.05, 0.1) is 7.11 Å². The maximum Gasteiger partial charge on any atom is 0.329 e. The summed E-state index contributed by atoms with van der Waals surface area (Å²) in [5.41, 5.74) is -1.29. The third-order valence-electron chi connectivity index (χ3n) is 2.54. The van der Waals surface area contributed by atoms with Gasteiger partial charge < -0.3 is 14.8 Å². The van der Waals surface area contributed by atoms with E-state index in [0.29, 0.717) is 0 Å². The number of methoxy groups -OCH3 is 1. The van der Waals surface area contributed by atoms with Gasteiger partial charge in [-0.1, -0.05) is 20.8 Å². The molecule has 6 heteroatoms. The highest BCUT2D eigenvalue weighted by Gasteiger charge is 2.30. The van der Waals surface area contributed by atoms with Crippen LogP contribution in [0.15, 0.2) is 0 Å². The van der Waals surface area contributed by atoms with Crippen LogP contribution in [0.25, 0.3) is 0 Å². The summed E-state index contributed by atoms with van der Waals surface area (Å²) in [4.78, 5) is 35.4. The minimum Gasteiger partial charge on any atom is -0.469 e. The van der Waals surface area contributed by atoms with Gasteiger partial charge in [-0.05, 0) is 27.2 Å². The van der Waals surface area contributed by atoms with Crippen molar-refractivity contribution < 1.29 is 23.9 Å². The molecule has 0 saturated carbocycles. The zero-order valence-electron chi connectivity index (χ0n) is 14.0. The monoisotopic (exact) mass is 301 g/mol. The van der Waals surface area contributed by atoms with Gasteiger partial charge in [-0.15, -0.1) is 0 Å². The molecular weight excluding hydrogens is 274 g/mol. The van der Waals surface area contributed by atoms with E-state index in [9.17, 15) is 14.4 Å². The van der Waals surface area contributed by atoms with Gasteiger partial charge in [-0.25, -0.2) is 4.79 Å². The van der Waals surface area contributed by atoms with Crippen LogP contribution in [0.1, 0.15) is 54.4 Å². The molecule has 1 N–H and O–H groups in total. The van der Waals surface area contributed by atoms with Crippen LogP contribution in [0.5, 0.6) is 0 Å². The highest BCUT2D eigenvalue weighted by atomic mass is 16.6. The predicted octanol–water partition coefficient (Wildman–Crippen LogP) is 1.81. The van der Waals surface area contributed by atoms with Crippen molar-refractivity contribution in [1.82, 2.24) is 5.32 Å². The second-order valence-corrected chi connectivity index (χ2v) is 6.92. The molecule has 21 heavy (non-hydrogen) atoms. The third-order valence-corrected chi connectivity index (χ3v) is 2.54. The molecule has 0 fully saturated rings. The Morgan fingerprint density at radius 2 is 1.57 bits per heavy atom. The molecule has 0 aromatic rings. The first kappa shape index (κ1) is 19.4. The Labute approximate surface area is 126 Å². The highest BCUT2D eigenvalue weighted by molar-refractivity contribution is 5.87. The topological polar surface area (TPSA) is 81.7 Å². The van der Waals surface area contributed by atoms with Gasteiger partial charge in [-0.3, -0.25) is 9.59 Å². The Morgan fingerprint density at radius 3 is 1.95 bits per heavy atom. The van der Waals surface area contributed by atoms with Crippen LogP contribution >= 0.6 is 0 Å². The van der Waals surface area contributed by atoms with Crippen molar-refractivity contribution >= 4 is 17.8 Å². The third kappa shape index (κ3) is 8.32. The molecule has 0 aromatic heterocycles. The van der Waals surface area contributed by atoms with Gasteiger partial charge in [0, 0.05) is 11.8 Å². The van der Waals surface area contributed by atoms with Crippen LogP contribution in [-0.2, 0) is 23.9 Å².